The molecule has 0 saturated carbocycles. The third-order valence-electron chi connectivity index (χ3n) is 6.86. The van der Waals surface area contributed by atoms with Crippen LogP contribution in [-0.4, -0.2) is 31.4 Å². The summed E-state index contributed by atoms with van der Waals surface area (Å²) in [6, 6.07) is 25.8. The first kappa shape index (κ1) is 26.0. The van der Waals surface area contributed by atoms with Crippen molar-refractivity contribution in [1.82, 2.24) is 14.7 Å². The predicted octanol–water partition coefficient (Wildman–Crippen LogP) is 5.80. The molecule has 196 valence electrons. The highest BCUT2D eigenvalue weighted by atomic mass is 16.6. The summed E-state index contributed by atoms with van der Waals surface area (Å²) in [6.45, 7) is 3.33. The van der Waals surface area contributed by atoms with Gasteiger partial charge in [0.25, 0.3) is 17.5 Å². The molecule has 1 unspecified atom stereocenters. The van der Waals surface area contributed by atoms with Crippen LogP contribution in [0, 0.1) is 21.4 Å². The summed E-state index contributed by atoms with van der Waals surface area (Å²) in [7, 11) is 0. The second-order valence-corrected chi connectivity index (χ2v) is 9.25. The molecule has 2 heterocycles. The maximum Gasteiger partial charge on any atom is 0.272 e. The van der Waals surface area contributed by atoms with Gasteiger partial charge in [-0.3, -0.25) is 24.6 Å². The number of nitro benzene ring substituents is 1. The monoisotopic (exact) mass is 529 g/mol. The third-order valence-corrected chi connectivity index (χ3v) is 6.86. The maximum absolute atomic E-state index is 13.9. The lowest BCUT2D eigenvalue weighted by molar-refractivity contribution is -0.384. The minimum atomic E-state index is -0.644. The number of para-hydroxylation sites is 1. The second kappa shape index (κ2) is 10.6. The molecule has 0 bridgehead atoms. The quantitative estimate of drug-likeness (QED) is 0.135. The topological polar surface area (TPSA) is 122 Å². The van der Waals surface area contributed by atoms with Crippen molar-refractivity contribution in [2.24, 2.45) is 0 Å². The molecule has 0 radical (unpaired) electrons. The third kappa shape index (κ3) is 4.70. The molecule has 1 aromatic heterocycles. The number of benzene rings is 3. The lowest BCUT2D eigenvalue weighted by Crippen LogP contribution is -2.44. The molecule has 9 heteroatoms. The van der Waals surface area contributed by atoms with Crippen molar-refractivity contribution < 1.29 is 14.5 Å². The molecule has 4 aromatic rings. The van der Waals surface area contributed by atoms with Crippen LogP contribution in [0.2, 0.25) is 0 Å². The molecule has 1 atom stereocenters. The van der Waals surface area contributed by atoms with Gasteiger partial charge in [0, 0.05) is 35.0 Å². The van der Waals surface area contributed by atoms with Gasteiger partial charge >= 0.3 is 0 Å². The van der Waals surface area contributed by atoms with Crippen LogP contribution in [0.1, 0.15) is 31.0 Å². The van der Waals surface area contributed by atoms with E-state index >= 15 is 0 Å². The highest BCUT2D eigenvalue weighted by Crippen LogP contribution is 2.35. The van der Waals surface area contributed by atoms with Crippen molar-refractivity contribution in [3.63, 3.8) is 0 Å². The summed E-state index contributed by atoms with van der Waals surface area (Å²) in [5.41, 5.74) is 3.43. The van der Waals surface area contributed by atoms with Gasteiger partial charge in [-0.15, -0.1) is 0 Å². The smallest absolute Gasteiger partial charge is 0.269 e. The highest BCUT2D eigenvalue weighted by molar-refractivity contribution is 6.20. The molecular formula is C31H23N5O4. The number of carbonyl (C=O) groups is 2. The Morgan fingerprint density at radius 2 is 1.57 bits per heavy atom. The fourth-order valence-electron chi connectivity index (χ4n) is 4.66. The Balaban J connectivity index is 1.67. The van der Waals surface area contributed by atoms with E-state index in [2.05, 4.69) is 0 Å². The average molecular weight is 530 g/mol. The Kier molecular flexibility index (Phi) is 6.91. The molecule has 1 aliphatic heterocycles. The molecule has 0 saturated heterocycles. The molecule has 0 aliphatic carbocycles. The van der Waals surface area contributed by atoms with Crippen molar-refractivity contribution in [2.75, 3.05) is 0 Å². The molecule has 0 fully saturated rings. The fourth-order valence-corrected chi connectivity index (χ4v) is 4.66. The van der Waals surface area contributed by atoms with Crippen LogP contribution in [0.15, 0.2) is 108 Å². The van der Waals surface area contributed by atoms with Gasteiger partial charge in [-0.2, -0.15) is 10.4 Å². The minimum absolute atomic E-state index is 0.0601. The molecule has 2 amide bonds. The number of nitro groups is 1. The summed E-state index contributed by atoms with van der Waals surface area (Å²) in [5, 5.41) is 25.8. The van der Waals surface area contributed by atoms with E-state index in [9.17, 15) is 25.0 Å². The Labute approximate surface area is 230 Å². The second-order valence-electron chi connectivity index (χ2n) is 9.25. The van der Waals surface area contributed by atoms with E-state index < -0.39 is 22.8 Å². The molecule has 1 aliphatic rings. The Hall–Kier alpha value is -5.62. The van der Waals surface area contributed by atoms with Crippen molar-refractivity contribution in [1.29, 1.82) is 5.26 Å². The van der Waals surface area contributed by atoms with Gasteiger partial charge in [0.2, 0.25) is 0 Å². The number of aromatic nitrogens is 2. The molecular weight excluding hydrogens is 506 g/mol. The first-order chi connectivity index (χ1) is 19.3. The summed E-state index contributed by atoms with van der Waals surface area (Å²) < 4.78 is 1.65. The van der Waals surface area contributed by atoms with Crippen molar-refractivity contribution in [3.05, 3.63) is 129 Å². The number of nitrogens with zero attached hydrogens (tertiary/aromatic N) is 5. The highest BCUT2D eigenvalue weighted by Gasteiger charge is 2.39. The van der Waals surface area contributed by atoms with Crippen LogP contribution in [0.3, 0.4) is 0 Å². The number of non-ortho nitro benzene ring substituents is 1. The zero-order chi connectivity index (χ0) is 28.4. The van der Waals surface area contributed by atoms with Crippen LogP contribution in [0.4, 0.5) is 5.69 Å². The summed E-state index contributed by atoms with van der Waals surface area (Å²) >= 11 is 0. The van der Waals surface area contributed by atoms with E-state index in [1.807, 2.05) is 66.7 Å². The molecule has 5 rings (SSSR count). The largest absolute Gasteiger partial charge is 0.272 e. The SMILES string of the molecule is CC1=C(C#N)C(=O)N(C(C)c2ccccc2)C(=O)/C1=C/c1cn(-c2ccccc2)nc1-c1ccc([N+](=O)[O-])cc1. The Morgan fingerprint density at radius 3 is 2.17 bits per heavy atom. The fraction of sp³-hybridized carbons (Fsp3) is 0.0968. The van der Waals surface area contributed by atoms with Crippen molar-refractivity contribution >= 4 is 23.6 Å². The van der Waals surface area contributed by atoms with E-state index in [4.69, 9.17) is 5.10 Å². The minimum Gasteiger partial charge on any atom is -0.269 e. The number of amides is 2. The normalized spacial score (nSPS) is 15.3. The first-order valence-electron chi connectivity index (χ1n) is 12.5. The van der Waals surface area contributed by atoms with Crippen LogP contribution >= 0.6 is 0 Å². The van der Waals surface area contributed by atoms with Crippen LogP contribution in [0.25, 0.3) is 23.0 Å². The zero-order valence-corrected chi connectivity index (χ0v) is 21.7. The average Bonchev–Trinajstić information content (AvgIpc) is 3.40. The van der Waals surface area contributed by atoms with Gasteiger partial charge in [-0.25, -0.2) is 4.68 Å². The summed E-state index contributed by atoms with van der Waals surface area (Å²) in [4.78, 5) is 39.0. The number of hydrogen-bond acceptors (Lipinski definition) is 6. The van der Waals surface area contributed by atoms with E-state index in [1.54, 1.807) is 42.9 Å². The van der Waals surface area contributed by atoms with E-state index in [0.29, 0.717) is 16.8 Å². The number of hydrogen-bond donors (Lipinski definition) is 0. The first-order valence-corrected chi connectivity index (χ1v) is 12.5. The van der Waals surface area contributed by atoms with Gasteiger partial charge in [0.1, 0.15) is 11.6 Å². The Bertz CT molecular complexity index is 1730. The molecule has 40 heavy (non-hydrogen) atoms. The van der Waals surface area contributed by atoms with Gasteiger partial charge < -0.3 is 0 Å². The van der Waals surface area contributed by atoms with Crippen LogP contribution in [0.5, 0.6) is 0 Å². The summed E-state index contributed by atoms with van der Waals surface area (Å²) in [6.07, 6.45) is 3.36. The lowest BCUT2D eigenvalue weighted by Gasteiger charge is -2.32. The molecule has 0 N–H and O–H groups in total. The summed E-state index contributed by atoms with van der Waals surface area (Å²) in [5.74, 6) is -1.17. The van der Waals surface area contributed by atoms with Crippen molar-refractivity contribution in [2.45, 2.75) is 19.9 Å². The number of nitriles is 1. The van der Waals surface area contributed by atoms with Gasteiger partial charge in [0.05, 0.1) is 22.3 Å². The van der Waals surface area contributed by atoms with Gasteiger partial charge in [-0.1, -0.05) is 48.5 Å². The molecule has 3 aromatic carbocycles. The zero-order valence-electron chi connectivity index (χ0n) is 21.7. The van der Waals surface area contributed by atoms with Crippen molar-refractivity contribution in [3.8, 4) is 23.0 Å². The van der Waals surface area contributed by atoms with Gasteiger partial charge in [-0.05, 0) is 55.3 Å². The maximum atomic E-state index is 13.9. The Morgan fingerprint density at radius 1 is 0.950 bits per heavy atom. The van der Waals surface area contributed by atoms with Crippen LogP contribution in [-0.2, 0) is 9.59 Å². The van der Waals surface area contributed by atoms with E-state index in [-0.39, 0.29) is 22.4 Å². The van der Waals surface area contributed by atoms with Gasteiger partial charge in [0.15, 0.2) is 0 Å². The number of carbonyl (C=O) groups excluding carboxylic acids is 2. The number of imide groups is 1. The van der Waals surface area contributed by atoms with E-state index in [1.165, 1.54) is 12.1 Å². The predicted molar refractivity (Wildman–Crippen MR) is 149 cm³/mol. The van der Waals surface area contributed by atoms with E-state index in [0.717, 1.165) is 16.2 Å². The lowest BCUT2D eigenvalue weighted by atomic mass is 9.91. The van der Waals surface area contributed by atoms with Crippen LogP contribution < -0.4 is 0 Å². The molecule has 0 spiro atoms. The number of rotatable bonds is 6. The molecule has 9 nitrogen and oxygen atoms in total. The standard InChI is InChI=1S/C31H23N5O4/c1-20-27(30(37)35(31(38)28(20)18-32)21(2)22-9-5-3-6-10-22)17-24-19-34(25-11-7-4-8-12-25)33-29(24)23-13-15-26(16-14-23)36(39)40/h3-17,19,21H,1-2H3/b27-17+.